The van der Waals surface area contributed by atoms with E-state index in [2.05, 4.69) is 20.3 Å². The average Bonchev–Trinajstić information content (AvgIpc) is 2.49. The predicted octanol–water partition coefficient (Wildman–Crippen LogP) is 1.35. The van der Waals surface area contributed by atoms with Crippen LogP contribution in [0.25, 0.3) is 6.08 Å². The van der Waals surface area contributed by atoms with Crippen LogP contribution in [0.4, 0.5) is 17.6 Å². The van der Waals surface area contributed by atoms with Gasteiger partial charge in [0.25, 0.3) is 0 Å². The van der Waals surface area contributed by atoms with Crippen molar-refractivity contribution in [2.24, 2.45) is 0 Å². The maximum absolute atomic E-state index is 11.3. The van der Waals surface area contributed by atoms with Gasteiger partial charge in [0.05, 0.1) is 0 Å². The van der Waals surface area contributed by atoms with Crippen molar-refractivity contribution in [1.29, 1.82) is 0 Å². The number of likely N-dealkylation sites (N-methyl/N-ethyl adjacent to an activating group) is 1. The van der Waals surface area contributed by atoms with Crippen molar-refractivity contribution in [3.63, 3.8) is 0 Å². The van der Waals surface area contributed by atoms with Crippen molar-refractivity contribution >= 4 is 29.9 Å². The van der Waals surface area contributed by atoms with Gasteiger partial charge in [-0.2, -0.15) is 0 Å². The number of aromatic nitrogens is 3. The van der Waals surface area contributed by atoms with Gasteiger partial charge in [0, 0.05) is 31.2 Å². The molecule has 1 aliphatic heterocycles. The van der Waals surface area contributed by atoms with Crippen molar-refractivity contribution in [3.05, 3.63) is 41.9 Å². The molecule has 0 fully saturated rings. The van der Waals surface area contributed by atoms with E-state index >= 15 is 0 Å². The van der Waals surface area contributed by atoms with Crippen molar-refractivity contribution in [2.45, 2.75) is 6.04 Å². The number of carbonyl (C=O) groups is 1. The van der Waals surface area contributed by atoms with E-state index in [1.54, 1.807) is 23.4 Å². The molecule has 106 valence electrons. The Morgan fingerprint density at radius 2 is 2.14 bits per heavy atom. The summed E-state index contributed by atoms with van der Waals surface area (Å²) in [6.07, 6.45) is 7.85. The Kier molecular flexibility index (Phi) is 3.23. The van der Waals surface area contributed by atoms with Crippen LogP contribution < -0.4 is 11.1 Å². The molecule has 0 spiro atoms. The summed E-state index contributed by atoms with van der Waals surface area (Å²) in [5, 5.41) is 2.99. The molecule has 2 aromatic rings. The van der Waals surface area contributed by atoms with Gasteiger partial charge >= 0.3 is 0 Å². The van der Waals surface area contributed by atoms with Crippen LogP contribution in [0.2, 0.25) is 0 Å². The van der Waals surface area contributed by atoms with Crippen LogP contribution in [-0.4, -0.2) is 33.2 Å². The van der Waals surface area contributed by atoms with Crippen LogP contribution in [0.5, 0.6) is 0 Å². The number of hydrogen-bond donors (Lipinski definition) is 2. The molecular weight excluding hydrogens is 268 g/mol. The van der Waals surface area contributed by atoms with Gasteiger partial charge in [-0.25, -0.2) is 15.0 Å². The normalized spacial score (nSPS) is 16.4. The third kappa shape index (κ3) is 2.40. The van der Waals surface area contributed by atoms with Crippen molar-refractivity contribution < 1.29 is 4.79 Å². The summed E-state index contributed by atoms with van der Waals surface area (Å²) in [5.41, 5.74) is 7.59. The quantitative estimate of drug-likeness (QED) is 0.820. The molecule has 3 rings (SSSR count). The lowest BCUT2D eigenvalue weighted by atomic mass is 9.98. The Balaban J connectivity index is 2.00. The van der Waals surface area contributed by atoms with Crippen molar-refractivity contribution in [1.82, 2.24) is 19.9 Å². The van der Waals surface area contributed by atoms with E-state index in [4.69, 9.17) is 5.73 Å². The Morgan fingerprint density at radius 3 is 2.86 bits per heavy atom. The largest absolute Gasteiger partial charge is 0.383 e. The summed E-state index contributed by atoms with van der Waals surface area (Å²) < 4.78 is 0. The highest BCUT2D eigenvalue weighted by molar-refractivity contribution is 5.76. The fourth-order valence-electron chi connectivity index (χ4n) is 2.26. The number of fused-ring (bicyclic) bond motifs is 1. The molecule has 21 heavy (non-hydrogen) atoms. The Morgan fingerprint density at radius 1 is 1.38 bits per heavy atom. The average molecular weight is 282 g/mol. The number of rotatable bonds is 3. The SMILES string of the molecule is CN1C=Cc2cc(Nc3ncccn3)nc(N)c2C1C=O. The second-order valence-corrected chi connectivity index (χ2v) is 4.66. The molecule has 7 nitrogen and oxygen atoms in total. The molecule has 1 aliphatic rings. The van der Waals surface area contributed by atoms with Gasteiger partial charge in [-0.05, 0) is 23.8 Å². The molecule has 2 aromatic heterocycles. The maximum Gasteiger partial charge on any atom is 0.228 e. The van der Waals surface area contributed by atoms with Crippen molar-refractivity contribution in [2.75, 3.05) is 18.1 Å². The first-order chi connectivity index (χ1) is 10.2. The summed E-state index contributed by atoms with van der Waals surface area (Å²) in [7, 11) is 1.82. The van der Waals surface area contributed by atoms with Crippen LogP contribution in [0.1, 0.15) is 17.2 Å². The second kappa shape index (κ2) is 5.20. The van der Waals surface area contributed by atoms with Crippen LogP contribution >= 0.6 is 0 Å². The Labute approximate surface area is 121 Å². The van der Waals surface area contributed by atoms with E-state index in [-0.39, 0.29) is 0 Å². The summed E-state index contributed by atoms with van der Waals surface area (Å²) in [4.78, 5) is 25.5. The highest BCUT2D eigenvalue weighted by atomic mass is 16.1. The number of nitrogens with zero attached hydrogens (tertiary/aromatic N) is 4. The molecule has 3 heterocycles. The molecule has 0 saturated carbocycles. The predicted molar refractivity (Wildman–Crippen MR) is 79.6 cm³/mol. The summed E-state index contributed by atoms with van der Waals surface area (Å²) in [6.45, 7) is 0. The molecule has 0 radical (unpaired) electrons. The molecular formula is C14H14N6O. The molecule has 1 unspecified atom stereocenters. The second-order valence-electron chi connectivity index (χ2n) is 4.66. The standard InChI is InChI=1S/C14H14N6O/c1-20-6-3-9-7-11(19-14-16-4-2-5-17-14)18-13(15)12(9)10(20)8-21/h2-8,10H,1H3,(H3,15,16,17,18,19). The van der Waals surface area contributed by atoms with Crippen LogP contribution in [0.15, 0.2) is 30.7 Å². The minimum absolute atomic E-state index is 0.319. The number of pyridine rings is 1. The van der Waals surface area contributed by atoms with E-state index < -0.39 is 6.04 Å². The van der Waals surface area contributed by atoms with Gasteiger partial charge in [-0.3, -0.25) is 0 Å². The topological polar surface area (TPSA) is 97.0 Å². The van der Waals surface area contributed by atoms with E-state index in [0.29, 0.717) is 17.6 Å². The third-order valence-electron chi connectivity index (χ3n) is 3.28. The monoisotopic (exact) mass is 282 g/mol. The van der Waals surface area contributed by atoms with Gasteiger partial charge in [0.1, 0.15) is 24.0 Å². The number of anilines is 3. The first-order valence-electron chi connectivity index (χ1n) is 6.39. The third-order valence-corrected chi connectivity index (χ3v) is 3.28. The minimum Gasteiger partial charge on any atom is -0.383 e. The van der Waals surface area contributed by atoms with E-state index in [1.165, 1.54) is 0 Å². The lowest BCUT2D eigenvalue weighted by molar-refractivity contribution is -0.111. The summed E-state index contributed by atoms with van der Waals surface area (Å²) in [5.74, 6) is 1.30. The van der Waals surface area contributed by atoms with Crippen LogP contribution in [0, 0.1) is 0 Å². The summed E-state index contributed by atoms with van der Waals surface area (Å²) in [6, 6.07) is 3.13. The maximum atomic E-state index is 11.3. The Hall–Kier alpha value is -2.96. The lowest BCUT2D eigenvalue weighted by Gasteiger charge is -2.28. The summed E-state index contributed by atoms with van der Waals surface area (Å²) >= 11 is 0. The first-order valence-corrected chi connectivity index (χ1v) is 6.39. The molecule has 0 saturated heterocycles. The molecule has 3 N–H and O–H groups in total. The van der Waals surface area contributed by atoms with E-state index in [9.17, 15) is 4.79 Å². The van der Waals surface area contributed by atoms with Gasteiger partial charge in [-0.15, -0.1) is 0 Å². The molecule has 0 aromatic carbocycles. The number of nitrogens with one attached hydrogen (secondary N) is 1. The van der Waals surface area contributed by atoms with Gasteiger partial charge in [0.2, 0.25) is 5.95 Å². The zero-order valence-corrected chi connectivity index (χ0v) is 11.4. The number of nitrogen functional groups attached to an aromatic ring is 1. The molecule has 0 amide bonds. The van der Waals surface area contributed by atoms with E-state index in [1.807, 2.05) is 25.4 Å². The number of nitrogens with two attached hydrogens (primary N) is 1. The highest BCUT2D eigenvalue weighted by Crippen LogP contribution is 2.33. The number of carbonyl (C=O) groups excluding carboxylic acids is 1. The number of aldehydes is 1. The first kappa shape index (κ1) is 13.0. The number of hydrogen-bond acceptors (Lipinski definition) is 7. The molecule has 7 heteroatoms. The van der Waals surface area contributed by atoms with Gasteiger partial charge in [0.15, 0.2) is 0 Å². The zero-order chi connectivity index (χ0) is 14.8. The smallest absolute Gasteiger partial charge is 0.228 e. The zero-order valence-electron chi connectivity index (χ0n) is 11.4. The van der Waals surface area contributed by atoms with Crippen LogP contribution in [0.3, 0.4) is 0 Å². The molecule has 0 aliphatic carbocycles. The van der Waals surface area contributed by atoms with E-state index in [0.717, 1.165) is 17.4 Å². The fraction of sp³-hybridized carbons (Fsp3) is 0.143. The van der Waals surface area contributed by atoms with Gasteiger partial charge < -0.3 is 20.7 Å². The lowest BCUT2D eigenvalue weighted by Crippen LogP contribution is -2.25. The highest BCUT2D eigenvalue weighted by Gasteiger charge is 2.24. The fourth-order valence-corrected chi connectivity index (χ4v) is 2.26. The van der Waals surface area contributed by atoms with Crippen LogP contribution in [-0.2, 0) is 4.79 Å². The molecule has 0 bridgehead atoms. The van der Waals surface area contributed by atoms with Gasteiger partial charge in [-0.1, -0.05) is 0 Å². The Bertz CT molecular complexity index is 700. The van der Waals surface area contributed by atoms with Crippen molar-refractivity contribution in [3.8, 4) is 0 Å². The molecule has 1 atom stereocenters. The minimum atomic E-state index is -0.417.